The van der Waals surface area contributed by atoms with Crippen molar-refractivity contribution in [1.29, 1.82) is 0 Å². The van der Waals surface area contributed by atoms with E-state index in [2.05, 4.69) is 17.3 Å². The summed E-state index contributed by atoms with van der Waals surface area (Å²) in [7, 11) is 0. The van der Waals surface area contributed by atoms with E-state index in [-0.39, 0.29) is 11.1 Å². The predicted molar refractivity (Wildman–Crippen MR) is 71.0 cm³/mol. The molecule has 5 nitrogen and oxygen atoms in total. The highest BCUT2D eigenvalue weighted by atomic mass is 16.2. The first kappa shape index (κ1) is 13.1. The van der Waals surface area contributed by atoms with Crippen LogP contribution in [0.1, 0.15) is 30.9 Å². The van der Waals surface area contributed by atoms with Crippen LogP contribution in [0.25, 0.3) is 0 Å². The quantitative estimate of drug-likeness (QED) is 0.802. The number of rotatable bonds is 5. The maximum Gasteiger partial charge on any atom is 0.268 e. The summed E-state index contributed by atoms with van der Waals surface area (Å²) >= 11 is 0. The Kier molecular flexibility index (Phi) is 3.71. The molecule has 1 aliphatic carbocycles. The Bertz CT molecular complexity index is 540. The van der Waals surface area contributed by atoms with Crippen LogP contribution in [0.3, 0.4) is 0 Å². The number of nitrogens with zero attached hydrogens (tertiary/aromatic N) is 1. The molecule has 1 aromatic heterocycles. The Morgan fingerprint density at radius 2 is 2.00 bits per heavy atom. The van der Waals surface area contributed by atoms with Crippen LogP contribution in [-0.2, 0) is 6.54 Å². The van der Waals surface area contributed by atoms with Crippen LogP contribution < -0.4 is 16.4 Å². The normalized spacial score (nSPS) is 16.8. The number of aromatic nitrogens is 2. The lowest BCUT2D eigenvalue weighted by Gasteiger charge is -2.14. The molecule has 1 atom stereocenters. The van der Waals surface area contributed by atoms with Gasteiger partial charge in [0.2, 0.25) is 0 Å². The van der Waals surface area contributed by atoms with E-state index in [1.165, 1.54) is 17.5 Å². The van der Waals surface area contributed by atoms with Crippen molar-refractivity contribution < 1.29 is 0 Å². The fraction of sp³-hybridized carbons (Fsp3) is 0.692. The average Bonchev–Trinajstić information content (AvgIpc) is 3.15. The third-order valence-electron chi connectivity index (χ3n) is 3.53. The fourth-order valence-electron chi connectivity index (χ4n) is 1.95. The second kappa shape index (κ2) is 5.10. The molecule has 0 spiro atoms. The lowest BCUT2D eigenvalue weighted by atomic mass is 10.1. The molecular formula is C13H21N3O2. The molecule has 2 N–H and O–H groups in total. The molecule has 2 rings (SSSR count). The zero-order chi connectivity index (χ0) is 13.3. The van der Waals surface area contributed by atoms with Crippen molar-refractivity contribution in [2.75, 3.05) is 6.54 Å². The van der Waals surface area contributed by atoms with E-state index < -0.39 is 0 Å². The van der Waals surface area contributed by atoms with Crippen LogP contribution >= 0.6 is 0 Å². The highest BCUT2D eigenvalue weighted by Gasteiger charge is 2.21. The minimum absolute atomic E-state index is 0.0922. The van der Waals surface area contributed by atoms with Gasteiger partial charge in [-0.05, 0) is 39.2 Å². The third-order valence-corrected chi connectivity index (χ3v) is 3.53. The molecule has 1 aromatic rings. The van der Waals surface area contributed by atoms with Crippen LogP contribution in [0.15, 0.2) is 9.59 Å². The van der Waals surface area contributed by atoms with Crippen molar-refractivity contribution in [2.45, 2.75) is 46.2 Å². The van der Waals surface area contributed by atoms with Crippen molar-refractivity contribution in [3.63, 3.8) is 0 Å². The number of nitrogens with one attached hydrogen (secondary N) is 2. The van der Waals surface area contributed by atoms with E-state index in [0.717, 1.165) is 6.54 Å². The highest BCUT2D eigenvalue weighted by Crippen LogP contribution is 2.18. The SMILES string of the molecule is Cc1c(C)c(=O)n(CC(C)CNC2CC2)[nH]c1=O. The molecule has 1 heterocycles. The summed E-state index contributed by atoms with van der Waals surface area (Å²) in [5.74, 6) is 0.320. The second-order valence-corrected chi connectivity index (χ2v) is 5.39. The summed E-state index contributed by atoms with van der Waals surface area (Å²) in [4.78, 5) is 23.6. The summed E-state index contributed by atoms with van der Waals surface area (Å²) in [6.07, 6.45) is 2.51. The number of hydrogen-bond donors (Lipinski definition) is 2. The van der Waals surface area contributed by atoms with Gasteiger partial charge in [0.15, 0.2) is 0 Å². The van der Waals surface area contributed by atoms with Gasteiger partial charge in [0.05, 0.1) is 0 Å². The van der Waals surface area contributed by atoms with Crippen molar-refractivity contribution >= 4 is 0 Å². The Balaban J connectivity index is 2.08. The topological polar surface area (TPSA) is 66.9 Å². The van der Waals surface area contributed by atoms with Gasteiger partial charge < -0.3 is 5.32 Å². The van der Waals surface area contributed by atoms with Gasteiger partial charge in [0.1, 0.15) is 0 Å². The lowest BCUT2D eigenvalue weighted by molar-refractivity contribution is 0.405. The first-order valence-electron chi connectivity index (χ1n) is 6.52. The van der Waals surface area contributed by atoms with Gasteiger partial charge in [-0.2, -0.15) is 0 Å². The van der Waals surface area contributed by atoms with E-state index in [1.807, 2.05) is 0 Å². The Labute approximate surface area is 106 Å². The molecule has 5 heteroatoms. The van der Waals surface area contributed by atoms with Crippen LogP contribution in [-0.4, -0.2) is 22.4 Å². The summed E-state index contributed by atoms with van der Waals surface area (Å²) < 4.78 is 1.43. The van der Waals surface area contributed by atoms with E-state index in [1.54, 1.807) is 13.8 Å². The molecule has 0 aromatic carbocycles. The molecule has 18 heavy (non-hydrogen) atoms. The number of aromatic amines is 1. The summed E-state index contributed by atoms with van der Waals surface area (Å²) in [5.41, 5.74) is 0.793. The molecule has 0 amide bonds. The lowest BCUT2D eigenvalue weighted by Crippen LogP contribution is -2.36. The molecule has 1 unspecified atom stereocenters. The maximum atomic E-state index is 12.0. The van der Waals surface area contributed by atoms with Crippen molar-refractivity contribution in [2.24, 2.45) is 5.92 Å². The molecule has 0 saturated heterocycles. The van der Waals surface area contributed by atoms with Gasteiger partial charge in [0, 0.05) is 23.7 Å². The van der Waals surface area contributed by atoms with Gasteiger partial charge in [-0.1, -0.05) is 6.92 Å². The van der Waals surface area contributed by atoms with Crippen molar-refractivity contribution in [3.8, 4) is 0 Å². The molecule has 1 saturated carbocycles. The fourth-order valence-corrected chi connectivity index (χ4v) is 1.95. The monoisotopic (exact) mass is 251 g/mol. The maximum absolute atomic E-state index is 12.0. The van der Waals surface area contributed by atoms with Crippen LogP contribution in [0.2, 0.25) is 0 Å². The Hall–Kier alpha value is -1.36. The molecule has 100 valence electrons. The predicted octanol–water partition coefficient (Wildman–Crippen LogP) is 0.542. The Morgan fingerprint density at radius 1 is 1.33 bits per heavy atom. The van der Waals surface area contributed by atoms with Crippen molar-refractivity contribution in [1.82, 2.24) is 15.1 Å². The largest absolute Gasteiger partial charge is 0.314 e. The average molecular weight is 251 g/mol. The minimum atomic E-state index is -0.172. The Morgan fingerprint density at radius 3 is 2.61 bits per heavy atom. The third kappa shape index (κ3) is 2.90. The first-order chi connectivity index (χ1) is 8.49. The van der Waals surface area contributed by atoms with Gasteiger partial charge in [-0.15, -0.1) is 0 Å². The molecule has 0 aliphatic heterocycles. The molecular weight excluding hydrogens is 230 g/mol. The van der Waals surface area contributed by atoms with E-state index in [4.69, 9.17) is 0 Å². The van der Waals surface area contributed by atoms with Crippen molar-refractivity contribution in [3.05, 3.63) is 31.8 Å². The zero-order valence-corrected chi connectivity index (χ0v) is 11.2. The number of H-pyrrole nitrogens is 1. The molecule has 1 aliphatic rings. The minimum Gasteiger partial charge on any atom is -0.314 e. The highest BCUT2D eigenvalue weighted by molar-refractivity contribution is 5.17. The van der Waals surface area contributed by atoms with Crippen LogP contribution in [0.4, 0.5) is 0 Å². The van der Waals surface area contributed by atoms with E-state index in [0.29, 0.717) is 29.6 Å². The first-order valence-corrected chi connectivity index (χ1v) is 6.52. The van der Waals surface area contributed by atoms with Gasteiger partial charge >= 0.3 is 0 Å². The van der Waals surface area contributed by atoms with Crippen LogP contribution in [0, 0.1) is 19.8 Å². The van der Waals surface area contributed by atoms with Gasteiger partial charge in [-0.25, -0.2) is 4.68 Å². The zero-order valence-electron chi connectivity index (χ0n) is 11.2. The van der Waals surface area contributed by atoms with Crippen LogP contribution in [0.5, 0.6) is 0 Å². The van der Waals surface area contributed by atoms with E-state index >= 15 is 0 Å². The standard InChI is InChI=1S/C13H21N3O2/c1-8(6-14-11-4-5-11)7-16-13(18)10(3)9(2)12(17)15-16/h8,11,14H,4-7H2,1-3H3,(H,15,17). The summed E-state index contributed by atoms with van der Waals surface area (Å²) in [5, 5.41) is 6.07. The second-order valence-electron chi connectivity index (χ2n) is 5.39. The smallest absolute Gasteiger partial charge is 0.268 e. The summed E-state index contributed by atoms with van der Waals surface area (Å²) in [6, 6.07) is 0.669. The molecule has 0 bridgehead atoms. The molecule has 1 fully saturated rings. The van der Waals surface area contributed by atoms with Gasteiger partial charge in [-0.3, -0.25) is 14.7 Å². The molecule has 0 radical (unpaired) electrons. The summed E-state index contributed by atoms with van der Waals surface area (Å²) in [6.45, 7) is 6.89. The van der Waals surface area contributed by atoms with E-state index in [9.17, 15) is 9.59 Å². The number of hydrogen-bond acceptors (Lipinski definition) is 3. The van der Waals surface area contributed by atoms with Gasteiger partial charge in [0.25, 0.3) is 11.1 Å².